The molecular weight excluding hydrogens is 428 g/mol. The molecule has 2 aliphatic heterocycles. The van der Waals surface area contributed by atoms with E-state index in [-0.39, 0.29) is 23.9 Å². The van der Waals surface area contributed by atoms with Gasteiger partial charge in [-0.15, -0.1) is 0 Å². The summed E-state index contributed by atoms with van der Waals surface area (Å²) in [6.07, 6.45) is 3.03. The number of hydrogen-bond donors (Lipinski definition) is 0. The lowest BCUT2D eigenvalue weighted by molar-refractivity contribution is 0.0578. The fourth-order valence-electron chi connectivity index (χ4n) is 5.66. The summed E-state index contributed by atoms with van der Waals surface area (Å²) in [5.74, 6) is 1.04. The van der Waals surface area contributed by atoms with Crippen LogP contribution >= 0.6 is 0 Å². The molecule has 0 radical (unpaired) electrons. The summed E-state index contributed by atoms with van der Waals surface area (Å²) in [7, 11) is 1.58. The van der Waals surface area contributed by atoms with Crippen molar-refractivity contribution in [3.63, 3.8) is 0 Å². The Morgan fingerprint density at radius 1 is 1.03 bits per heavy atom. The van der Waals surface area contributed by atoms with Crippen LogP contribution in [0.25, 0.3) is 5.69 Å². The van der Waals surface area contributed by atoms with Crippen LogP contribution in [0, 0.1) is 12.8 Å². The number of aromatic nitrogens is 2. The third kappa shape index (κ3) is 3.22. The first kappa shape index (κ1) is 21.0. The highest BCUT2D eigenvalue weighted by molar-refractivity contribution is 5.99. The van der Waals surface area contributed by atoms with Gasteiger partial charge in [-0.1, -0.05) is 30.3 Å². The van der Waals surface area contributed by atoms with E-state index in [9.17, 15) is 9.59 Å². The zero-order valence-corrected chi connectivity index (χ0v) is 19.5. The van der Waals surface area contributed by atoms with E-state index >= 15 is 0 Å². The van der Waals surface area contributed by atoms with Gasteiger partial charge in [0, 0.05) is 18.7 Å². The molecule has 0 N–H and O–H groups in total. The Labute approximate surface area is 198 Å². The van der Waals surface area contributed by atoms with E-state index in [1.54, 1.807) is 13.2 Å². The van der Waals surface area contributed by atoms with Crippen LogP contribution in [0.4, 0.5) is 0 Å². The fourth-order valence-corrected chi connectivity index (χ4v) is 5.66. The first-order valence-electron chi connectivity index (χ1n) is 12.0. The number of rotatable bonds is 5. The van der Waals surface area contributed by atoms with Crippen molar-refractivity contribution in [3.05, 3.63) is 77.1 Å². The molecule has 1 aliphatic carbocycles. The molecule has 174 valence electrons. The van der Waals surface area contributed by atoms with Crippen LogP contribution in [0.2, 0.25) is 0 Å². The maximum absolute atomic E-state index is 13.9. The first-order valence-corrected chi connectivity index (χ1v) is 12.0. The van der Waals surface area contributed by atoms with Gasteiger partial charge < -0.3 is 14.5 Å². The van der Waals surface area contributed by atoms with E-state index in [2.05, 4.69) is 4.90 Å². The summed E-state index contributed by atoms with van der Waals surface area (Å²) < 4.78 is 7.22. The lowest BCUT2D eigenvalue weighted by atomic mass is 10.0. The Kier molecular flexibility index (Phi) is 4.94. The first-order chi connectivity index (χ1) is 16.6. The lowest BCUT2D eigenvalue weighted by Gasteiger charge is -2.31. The van der Waals surface area contributed by atoms with Gasteiger partial charge in [-0.2, -0.15) is 5.10 Å². The molecule has 1 aromatic heterocycles. The number of aryl methyl sites for hydroxylation is 1. The average molecular weight is 457 g/mol. The third-order valence-electron chi connectivity index (χ3n) is 7.39. The van der Waals surface area contributed by atoms with Gasteiger partial charge in [0.1, 0.15) is 11.4 Å². The number of carbonyl (C=O) groups is 2. The largest absolute Gasteiger partial charge is 0.496 e. The van der Waals surface area contributed by atoms with Gasteiger partial charge >= 0.3 is 0 Å². The molecule has 2 unspecified atom stereocenters. The van der Waals surface area contributed by atoms with E-state index in [1.807, 2.05) is 65.0 Å². The van der Waals surface area contributed by atoms with Crippen LogP contribution in [0.5, 0.6) is 5.75 Å². The van der Waals surface area contributed by atoms with Crippen LogP contribution in [0.15, 0.2) is 54.6 Å². The van der Waals surface area contributed by atoms with Gasteiger partial charge in [0.15, 0.2) is 0 Å². The zero-order chi connectivity index (χ0) is 23.4. The summed E-state index contributed by atoms with van der Waals surface area (Å²) in [6.45, 7) is 3.17. The molecule has 3 heterocycles. The van der Waals surface area contributed by atoms with Crippen LogP contribution in [-0.2, 0) is 0 Å². The minimum Gasteiger partial charge on any atom is -0.496 e. The quantitative estimate of drug-likeness (QED) is 0.582. The third-order valence-corrected chi connectivity index (χ3v) is 7.39. The molecule has 7 heteroatoms. The number of benzene rings is 2. The van der Waals surface area contributed by atoms with E-state index in [1.165, 1.54) is 0 Å². The zero-order valence-electron chi connectivity index (χ0n) is 19.5. The van der Waals surface area contributed by atoms with Crippen molar-refractivity contribution in [2.45, 2.75) is 38.3 Å². The van der Waals surface area contributed by atoms with Crippen LogP contribution in [0.1, 0.15) is 57.4 Å². The number of amides is 2. The lowest BCUT2D eigenvalue weighted by Crippen LogP contribution is -2.42. The molecule has 0 bridgehead atoms. The van der Waals surface area contributed by atoms with E-state index in [4.69, 9.17) is 9.84 Å². The highest BCUT2D eigenvalue weighted by Crippen LogP contribution is 2.52. The maximum Gasteiger partial charge on any atom is 0.273 e. The molecule has 2 atom stereocenters. The van der Waals surface area contributed by atoms with Gasteiger partial charge in [-0.05, 0) is 56.4 Å². The van der Waals surface area contributed by atoms with Crippen molar-refractivity contribution in [1.82, 2.24) is 19.6 Å². The van der Waals surface area contributed by atoms with E-state index < -0.39 is 0 Å². The van der Waals surface area contributed by atoms with E-state index in [0.717, 1.165) is 36.2 Å². The number of ether oxygens (including phenoxy) is 1. The molecule has 34 heavy (non-hydrogen) atoms. The molecule has 2 fully saturated rings. The smallest absolute Gasteiger partial charge is 0.273 e. The number of carbonyl (C=O) groups excluding carboxylic acids is 2. The predicted octanol–water partition coefficient (Wildman–Crippen LogP) is 4.01. The van der Waals surface area contributed by atoms with Crippen molar-refractivity contribution >= 4 is 11.8 Å². The number of nitrogens with zero attached hydrogens (tertiary/aromatic N) is 4. The summed E-state index contributed by atoms with van der Waals surface area (Å²) in [6, 6.07) is 17.2. The molecule has 0 spiro atoms. The van der Waals surface area contributed by atoms with Gasteiger partial charge in [0.05, 0.1) is 36.1 Å². The second kappa shape index (κ2) is 8.01. The molecular formula is C27H28N4O3. The summed E-state index contributed by atoms with van der Waals surface area (Å²) in [5, 5.41) is 4.77. The second-order valence-electron chi connectivity index (χ2n) is 9.48. The SMILES string of the molecule is COc1ccccc1C(=O)N1CCC(N2C(=O)c3c(c(C)nn3-c3ccccc3)C2C2CC2)C1. The number of likely N-dealkylation sites (tertiary alicyclic amines) is 1. The molecule has 1 saturated carbocycles. The van der Waals surface area contributed by atoms with Gasteiger partial charge in [0.25, 0.3) is 11.8 Å². The van der Waals surface area contributed by atoms with Crippen molar-refractivity contribution in [1.29, 1.82) is 0 Å². The molecule has 1 saturated heterocycles. The molecule has 3 aliphatic rings. The standard InChI is InChI=1S/C27H28N4O3/c1-17-23-24(18-12-13-18)30(27(33)25(23)31(28-17)19-8-4-3-5-9-19)20-14-15-29(16-20)26(32)21-10-6-7-11-22(21)34-2/h3-11,18,20,24H,12-16H2,1-2H3. The molecule has 2 aromatic carbocycles. The van der Waals surface area contributed by atoms with Gasteiger partial charge in [-0.25, -0.2) is 4.68 Å². The highest BCUT2D eigenvalue weighted by atomic mass is 16.5. The fraction of sp³-hybridized carbons (Fsp3) is 0.370. The van der Waals surface area contributed by atoms with Crippen molar-refractivity contribution < 1.29 is 14.3 Å². The molecule has 6 rings (SSSR count). The van der Waals surface area contributed by atoms with Crippen LogP contribution in [-0.4, -0.2) is 57.6 Å². The Morgan fingerprint density at radius 3 is 2.50 bits per heavy atom. The summed E-state index contributed by atoms with van der Waals surface area (Å²) in [5.41, 5.74) is 4.15. The molecule has 3 aromatic rings. The minimum atomic E-state index is -0.0428. The maximum atomic E-state index is 13.9. The molecule has 7 nitrogen and oxygen atoms in total. The predicted molar refractivity (Wildman–Crippen MR) is 127 cm³/mol. The monoisotopic (exact) mass is 456 g/mol. The topological polar surface area (TPSA) is 67.7 Å². The van der Waals surface area contributed by atoms with Gasteiger partial charge in [0.2, 0.25) is 0 Å². The number of fused-ring (bicyclic) bond motifs is 1. The minimum absolute atomic E-state index is 0.00668. The Balaban J connectivity index is 1.31. The number of hydrogen-bond acceptors (Lipinski definition) is 4. The Morgan fingerprint density at radius 2 is 1.76 bits per heavy atom. The van der Waals surface area contributed by atoms with Gasteiger partial charge in [-0.3, -0.25) is 9.59 Å². The average Bonchev–Trinajstić information content (AvgIpc) is 3.37. The van der Waals surface area contributed by atoms with E-state index in [0.29, 0.717) is 36.0 Å². The normalized spacial score (nSPS) is 21.8. The number of methoxy groups -OCH3 is 1. The summed E-state index contributed by atoms with van der Waals surface area (Å²) >= 11 is 0. The Bertz CT molecular complexity index is 1260. The number of para-hydroxylation sites is 2. The second-order valence-corrected chi connectivity index (χ2v) is 9.48. The Hall–Kier alpha value is -3.61. The van der Waals surface area contributed by atoms with Crippen LogP contribution in [0.3, 0.4) is 0 Å². The highest BCUT2D eigenvalue weighted by Gasteiger charge is 2.52. The van der Waals surface area contributed by atoms with Crippen molar-refractivity contribution in [2.24, 2.45) is 5.92 Å². The molecule has 2 amide bonds. The van der Waals surface area contributed by atoms with Crippen molar-refractivity contribution in [2.75, 3.05) is 20.2 Å². The van der Waals surface area contributed by atoms with Crippen LogP contribution < -0.4 is 4.74 Å². The summed E-state index contributed by atoms with van der Waals surface area (Å²) in [4.78, 5) is 31.1. The van der Waals surface area contributed by atoms with Crippen molar-refractivity contribution in [3.8, 4) is 11.4 Å².